The summed E-state index contributed by atoms with van der Waals surface area (Å²) >= 11 is 0. The highest BCUT2D eigenvalue weighted by atomic mass is 14.5. The lowest BCUT2D eigenvalue weighted by atomic mass is 9.51. The molecule has 0 nitrogen and oxygen atoms in total. The van der Waals surface area contributed by atoms with Crippen molar-refractivity contribution in [2.45, 2.75) is 17.3 Å². The van der Waals surface area contributed by atoms with Gasteiger partial charge in [-0.3, -0.25) is 0 Å². The Labute approximate surface area is 370 Å². The van der Waals surface area contributed by atoms with Gasteiger partial charge in [0.1, 0.15) is 0 Å². The Hall–Kier alpha value is -7.80. The van der Waals surface area contributed by atoms with E-state index in [0.717, 1.165) is 0 Å². The molecule has 2 aliphatic carbocycles. The molecule has 296 valence electrons. The van der Waals surface area contributed by atoms with Crippen molar-refractivity contribution in [1.82, 2.24) is 0 Å². The second kappa shape index (κ2) is 15.3. The van der Waals surface area contributed by atoms with Gasteiger partial charge < -0.3 is 0 Å². The molecule has 10 aromatic carbocycles. The van der Waals surface area contributed by atoms with Crippen molar-refractivity contribution in [2.24, 2.45) is 0 Å². The summed E-state index contributed by atoms with van der Waals surface area (Å²) in [5, 5.41) is 0. The minimum absolute atomic E-state index is 0.0349. The molecule has 0 amide bonds. The molecule has 63 heavy (non-hydrogen) atoms. The van der Waals surface area contributed by atoms with E-state index in [4.69, 9.17) is 0 Å². The molecule has 0 heterocycles. The highest BCUT2D eigenvalue weighted by Crippen LogP contribution is 2.62. The van der Waals surface area contributed by atoms with Crippen molar-refractivity contribution in [1.29, 1.82) is 0 Å². The van der Waals surface area contributed by atoms with Crippen LogP contribution in [0.5, 0.6) is 0 Å². The monoisotopic (exact) mass is 800 g/mol. The van der Waals surface area contributed by atoms with Crippen LogP contribution in [0, 0.1) is 0 Å². The number of benzene rings is 10. The lowest BCUT2D eigenvalue weighted by molar-refractivity contribution is 0.640. The average molecular weight is 801 g/mol. The normalized spacial score (nSPS) is 17.0. The Morgan fingerprint density at radius 1 is 0.206 bits per heavy atom. The van der Waals surface area contributed by atoms with Crippen LogP contribution in [-0.2, 0) is 5.41 Å². The minimum Gasteiger partial charge on any atom is -0.0622 e. The average Bonchev–Trinajstić information content (AvgIpc) is 3.37. The third-order valence-corrected chi connectivity index (χ3v) is 13.8. The van der Waals surface area contributed by atoms with Crippen LogP contribution in [0.2, 0.25) is 0 Å². The van der Waals surface area contributed by atoms with Gasteiger partial charge in [0.25, 0.3) is 0 Å². The van der Waals surface area contributed by atoms with E-state index in [0.29, 0.717) is 0 Å². The molecule has 12 rings (SSSR count). The first-order valence-electron chi connectivity index (χ1n) is 22.1. The fourth-order valence-corrected chi connectivity index (χ4v) is 11.0. The van der Waals surface area contributed by atoms with E-state index < -0.39 is 5.41 Å². The van der Waals surface area contributed by atoms with Crippen molar-refractivity contribution in [3.63, 3.8) is 0 Å². The molecule has 0 N–H and O–H groups in total. The van der Waals surface area contributed by atoms with Gasteiger partial charge in [-0.25, -0.2) is 0 Å². The van der Waals surface area contributed by atoms with Gasteiger partial charge >= 0.3 is 0 Å². The molecular weight excluding hydrogens is 757 g/mol. The maximum atomic E-state index is 2.54. The summed E-state index contributed by atoms with van der Waals surface area (Å²) in [5.74, 6) is 0.0697. The molecule has 0 bridgehead atoms. The summed E-state index contributed by atoms with van der Waals surface area (Å²) in [6.45, 7) is 0. The zero-order valence-corrected chi connectivity index (χ0v) is 34.9. The molecule has 0 radical (unpaired) electrons. The fraction of sp³-hybridized carbons (Fsp3) is 0.0476. The lowest BCUT2D eigenvalue weighted by Gasteiger charge is -2.50. The van der Waals surface area contributed by atoms with Gasteiger partial charge in [-0.05, 0) is 112 Å². The van der Waals surface area contributed by atoms with Crippen LogP contribution in [0.3, 0.4) is 0 Å². The van der Waals surface area contributed by atoms with E-state index in [-0.39, 0.29) is 11.8 Å². The number of fused-ring (bicyclic) bond motifs is 8. The molecule has 0 fully saturated rings. The first-order chi connectivity index (χ1) is 31.3. The van der Waals surface area contributed by atoms with Gasteiger partial charge in [-0.2, -0.15) is 0 Å². The Bertz CT molecular complexity index is 3010. The minimum atomic E-state index is -0.617. The SMILES string of the molecule is c1ccc(-c2ccc(C3c4ccccc4C4(c5ccccc5C(c5ccc(-c6ccccc6)cc5)c5ccc(-c6ccccc6)cc54)c4cc(-c5ccccc5)ccc43)cc2)cc1. The maximum Gasteiger partial charge on any atom is 0.0713 e. The summed E-state index contributed by atoms with van der Waals surface area (Å²) in [6.07, 6.45) is 0. The van der Waals surface area contributed by atoms with E-state index >= 15 is 0 Å². The number of hydrogen-bond donors (Lipinski definition) is 0. The van der Waals surface area contributed by atoms with Gasteiger partial charge in [-0.15, -0.1) is 0 Å². The molecule has 0 aliphatic heterocycles. The molecule has 0 saturated carbocycles. The van der Waals surface area contributed by atoms with E-state index in [1.54, 1.807) is 0 Å². The topological polar surface area (TPSA) is 0 Å². The molecule has 0 saturated heterocycles. The first-order valence-corrected chi connectivity index (χ1v) is 22.1. The third-order valence-electron chi connectivity index (χ3n) is 13.8. The van der Waals surface area contributed by atoms with Crippen LogP contribution >= 0.6 is 0 Å². The van der Waals surface area contributed by atoms with Crippen LogP contribution < -0.4 is 0 Å². The molecule has 10 aromatic rings. The summed E-state index contributed by atoms with van der Waals surface area (Å²) in [5.41, 5.74) is 22.5. The highest BCUT2D eigenvalue weighted by molar-refractivity contribution is 5.81. The molecular formula is C63H44. The van der Waals surface area contributed by atoms with E-state index in [2.05, 4.69) is 255 Å². The van der Waals surface area contributed by atoms with Crippen LogP contribution in [0.25, 0.3) is 44.5 Å². The molecule has 0 heteroatoms. The van der Waals surface area contributed by atoms with Crippen molar-refractivity contribution in [3.05, 3.63) is 310 Å². The smallest absolute Gasteiger partial charge is 0.0622 e. The van der Waals surface area contributed by atoms with Gasteiger partial charge in [0.05, 0.1) is 5.41 Å². The van der Waals surface area contributed by atoms with Gasteiger partial charge in [0.2, 0.25) is 0 Å². The zero-order chi connectivity index (χ0) is 41.7. The Balaban J connectivity index is 1.15. The fourth-order valence-electron chi connectivity index (χ4n) is 11.0. The summed E-state index contributed by atoms with van der Waals surface area (Å²) in [6, 6.07) is 95.3. The van der Waals surface area contributed by atoms with E-state index in [1.807, 2.05) is 0 Å². The van der Waals surface area contributed by atoms with Crippen molar-refractivity contribution >= 4 is 0 Å². The predicted molar refractivity (Wildman–Crippen MR) is 261 cm³/mol. The summed E-state index contributed by atoms with van der Waals surface area (Å²) < 4.78 is 0. The summed E-state index contributed by atoms with van der Waals surface area (Å²) in [4.78, 5) is 0. The van der Waals surface area contributed by atoms with Crippen LogP contribution in [0.1, 0.15) is 67.5 Å². The second-order valence-electron chi connectivity index (χ2n) is 17.1. The largest absolute Gasteiger partial charge is 0.0713 e. The first kappa shape index (κ1) is 37.0. The second-order valence-corrected chi connectivity index (χ2v) is 17.1. The lowest BCUT2D eigenvalue weighted by Crippen LogP contribution is -2.42. The predicted octanol–water partition coefficient (Wildman–Crippen LogP) is 15.7. The van der Waals surface area contributed by atoms with Crippen molar-refractivity contribution < 1.29 is 0 Å². The van der Waals surface area contributed by atoms with Gasteiger partial charge in [-0.1, -0.05) is 243 Å². The van der Waals surface area contributed by atoms with Crippen LogP contribution in [0.4, 0.5) is 0 Å². The molecule has 0 aromatic heterocycles. The van der Waals surface area contributed by atoms with Crippen molar-refractivity contribution in [3.8, 4) is 44.5 Å². The zero-order valence-electron chi connectivity index (χ0n) is 34.9. The third kappa shape index (κ3) is 6.05. The van der Waals surface area contributed by atoms with Crippen molar-refractivity contribution in [2.75, 3.05) is 0 Å². The number of hydrogen-bond acceptors (Lipinski definition) is 0. The van der Waals surface area contributed by atoms with E-state index in [9.17, 15) is 0 Å². The quantitative estimate of drug-likeness (QED) is 0.157. The Morgan fingerprint density at radius 2 is 0.476 bits per heavy atom. The molecule has 1 spiro atoms. The van der Waals surface area contributed by atoms with Crippen LogP contribution in [-0.4, -0.2) is 0 Å². The molecule has 2 unspecified atom stereocenters. The maximum absolute atomic E-state index is 2.54. The van der Waals surface area contributed by atoms with Gasteiger partial charge in [0, 0.05) is 11.8 Å². The Kier molecular flexibility index (Phi) is 8.97. The molecule has 2 aliphatic rings. The summed E-state index contributed by atoms with van der Waals surface area (Å²) in [7, 11) is 0. The van der Waals surface area contributed by atoms with Gasteiger partial charge in [0.15, 0.2) is 0 Å². The standard InChI is InChI=1S/C63H44/c1-5-17-43(18-6-1)47-29-33-49(34-30-47)61-53-25-13-15-27-57(53)63(59-41-51(37-39-55(59)61)45-21-9-3-10-22-45)58-28-16-14-26-54(58)62(50-35-31-48(32-36-50)44-19-7-2-8-20-44)56-40-38-52(42-60(56)63)46-23-11-4-12-24-46/h1-42,61-62H. The van der Waals surface area contributed by atoms with E-state index in [1.165, 1.54) is 100 Å². The highest BCUT2D eigenvalue weighted by Gasteiger charge is 2.52. The Morgan fingerprint density at radius 3 is 0.841 bits per heavy atom. The number of rotatable bonds is 6. The van der Waals surface area contributed by atoms with Crippen LogP contribution in [0.15, 0.2) is 255 Å². The molecule has 2 atom stereocenters.